The summed E-state index contributed by atoms with van der Waals surface area (Å²) in [5, 5.41) is 8.89. The largest absolute Gasteiger partial charge is 0.478 e. The Morgan fingerprint density at radius 2 is 2.27 bits per heavy atom. The number of halogens is 1. The number of hydrogen-bond acceptors (Lipinski definition) is 2. The molecule has 0 bridgehead atoms. The van der Waals surface area contributed by atoms with Crippen LogP contribution in [-0.4, -0.2) is 24.7 Å². The fourth-order valence-corrected chi connectivity index (χ4v) is 1.70. The highest BCUT2D eigenvalue weighted by atomic mass is 79.9. The number of hydrogen-bond donors (Lipinski definition) is 1. The first-order valence-corrected chi connectivity index (χ1v) is 5.20. The van der Waals surface area contributed by atoms with Gasteiger partial charge in [0.05, 0.1) is 5.56 Å². The summed E-state index contributed by atoms with van der Waals surface area (Å²) in [4.78, 5) is 12.7. The van der Waals surface area contributed by atoms with Crippen molar-refractivity contribution in [1.82, 2.24) is 0 Å². The molecule has 1 aromatic carbocycles. The molecule has 0 aliphatic carbocycles. The Morgan fingerprint density at radius 3 is 2.80 bits per heavy atom. The highest BCUT2D eigenvalue weighted by Gasteiger charge is 2.07. The average molecular weight is 270 g/mol. The molecule has 1 rings (SSSR count). The quantitative estimate of drug-likeness (QED) is 0.855. The minimum absolute atomic E-state index is 0.273. The summed E-state index contributed by atoms with van der Waals surface area (Å²) in [7, 11) is 1.88. The molecule has 0 aliphatic rings. The summed E-state index contributed by atoms with van der Waals surface area (Å²) in [5.74, 6) is -0.926. The lowest BCUT2D eigenvalue weighted by Gasteiger charge is -2.17. The number of carbonyl (C=O) groups is 1. The van der Waals surface area contributed by atoms with E-state index in [1.54, 1.807) is 18.2 Å². The first-order valence-electron chi connectivity index (χ1n) is 4.40. The highest BCUT2D eigenvalue weighted by molar-refractivity contribution is 9.10. The van der Waals surface area contributed by atoms with Crippen LogP contribution >= 0.6 is 15.9 Å². The fraction of sp³-hybridized carbons (Fsp3) is 0.182. The summed E-state index contributed by atoms with van der Waals surface area (Å²) < 4.78 is 0.758. The Balaban J connectivity index is 3.08. The van der Waals surface area contributed by atoms with Gasteiger partial charge in [0.2, 0.25) is 0 Å². The van der Waals surface area contributed by atoms with Crippen molar-refractivity contribution in [2.75, 3.05) is 18.5 Å². The van der Waals surface area contributed by atoms with Crippen LogP contribution in [0, 0.1) is 0 Å². The van der Waals surface area contributed by atoms with Crippen LogP contribution in [0.5, 0.6) is 0 Å². The van der Waals surface area contributed by atoms with Crippen LogP contribution < -0.4 is 4.90 Å². The van der Waals surface area contributed by atoms with Gasteiger partial charge in [-0.05, 0) is 18.2 Å². The summed E-state index contributed by atoms with van der Waals surface area (Å²) in [6.07, 6.45) is 1.77. The minimum Gasteiger partial charge on any atom is -0.478 e. The summed E-state index contributed by atoms with van der Waals surface area (Å²) in [6, 6.07) is 5.08. The number of rotatable bonds is 4. The van der Waals surface area contributed by atoms with E-state index in [0.717, 1.165) is 10.2 Å². The van der Waals surface area contributed by atoms with Crippen LogP contribution in [0.25, 0.3) is 0 Å². The number of carboxylic acids is 1. The van der Waals surface area contributed by atoms with Gasteiger partial charge >= 0.3 is 5.97 Å². The van der Waals surface area contributed by atoms with Gasteiger partial charge in [-0.3, -0.25) is 0 Å². The van der Waals surface area contributed by atoms with E-state index < -0.39 is 5.97 Å². The molecule has 0 amide bonds. The second-order valence-electron chi connectivity index (χ2n) is 3.17. The standard InChI is InChI=1S/C11H12BrNO2/c1-3-4-13(2)10-6-8(11(14)15)5-9(12)7-10/h3,5-7H,1,4H2,2H3,(H,14,15). The molecule has 0 spiro atoms. The fourth-order valence-electron chi connectivity index (χ4n) is 1.22. The first-order chi connectivity index (χ1) is 7.04. The van der Waals surface area contributed by atoms with Crippen molar-refractivity contribution in [2.45, 2.75) is 0 Å². The molecule has 0 saturated carbocycles. The van der Waals surface area contributed by atoms with Crippen LogP contribution in [0.4, 0.5) is 5.69 Å². The molecule has 1 aromatic rings. The van der Waals surface area contributed by atoms with Gasteiger partial charge < -0.3 is 10.0 Å². The topological polar surface area (TPSA) is 40.5 Å². The maximum Gasteiger partial charge on any atom is 0.335 e. The lowest BCUT2D eigenvalue weighted by Crippen LogP contribution is -2.17. The molecule has 4 heteroatoms. The molecule has 0 unspecified atom stereocenters. The number of anilines is 1. The van der Waals surface area contributed by atoms with Crippen molar-refractivity contribution in [1.29, 1.82) is 0 Å². The van der Waals surface area contributed by atoms with E-state index in [2.05, 4.69) is 22.5 Å². The molecular formula is C11H12BrNO2. The van der Waals surface area contributed by atoms with Gasteiger partial charge in [-0.25, -0.2) is 4.79 Å². The van der Waals surface area contributed by atoms with E-state index in [-0.39, 0.29) is 5.56 Å². The maximum absolute atomic E-state index is 10.8. The summed E-state index contributed by atoms with van der Waals surface area (Å²) in [6.45, 7) is 4.31. The smallest absolute Gasteiger partial charge is 0.335 e. The number of likely N-dealkylation sites (N-methyl/N-ethyl adjacent to an activating group) is 1. The molecule has 15 heavy (non-hydrogen) atoms. The summed E-state index contributed by atoms with van der Waals surface area (Å²) in [5.41, 5.74) is 1.12. The normalized spacial score (nSPS) is 9.73. The molecule has 0 aliphatic heterocycles. The second kappa shape index (κ2) is 4.98. The molecule has 0 fully saturated rings. The van der Waals surface area contributed by atoms with Gasteiger partial charge in [-0.2, -0.15) is 0 Å². The Bertz CT molecular complexity index is 390. The molecule has 80 valence electrons. The van der Waals surface area contributed by atoms with Crippen molar-refractivity contribution >= 4 is 27.6 Å². The molecule has 0 heterocycles. The van der Waals surface area contributed by atoms with E-state index in [4.69, 9.17) is 5.11 Å². The van der Waals surface area contributed by atoms with E-state index in [9.17, 15) is 4.79 Å². The molecule has 3 nitrogen and oxygen atoms in total. The highest BCUT2D eigenvalue weighted by Crippen LogP contribution is 2.22. The van der Waals surface area contributed by atoms with Crippen molar-refractivity contribution < 1.29 is 9.90 Å². The van der Waals surface area contributed by atoms with E-state index >= 15 is 0 Å². The van der Waals surface area contributed by atoms with Crippen molar-refractivity contribution in [3.8, 4) is 0 Å². The third-order valence-electron chi connectivity index (χ3n) is 1.97. The zero-order valence-corrected chi connectivity index (χ0v) is 9.99. The van der Waals surface area contributed by atoms with Crippen molar-refractivity contribution in [3.05, 3.63) is 40.9 Å². The molecule has 1 N–H and O–H groups in total. The van der Waals surface area contributed by atoms with Crippen molar-refractivity contribution in [2.24, 2.45) is 0 Å². The number of aromatic carboxylic acids is 1. The lowest BCUT2D eigenvalue weighted by molar-refractivity contribution is 0.0697. The number of nitrogens with zero attached hydrogens (tertiary/aromatic N) is 1. The Labute approximate surface area is 97.1 Å². The Hall–Kier alpha value is -1.29. The molecule has 0 aromatic heterocycles. The zero-order chi connectivity index (χ0) is 11.4. The Morgan fingerprint density at radius 1 is 1.60 bits per heavy atom. The second-order valence-corrected chi connectivity index (χ2v) is 4.09. The van der Waals surface area contributed by atoms with E-state index in [1.807, 2.05) is 18.0 Å². The SMILES string of the molecule is C=CCN(C)c1cc(Br)cc(C(=O)O)c1. The molecule has 0 atom stereocenters. The van der Waals surface area contributed by atoms with Crippen LogP contribution in [-0.2, 0) is 0 Å². The van der Waals surface area contributed by atoms with Crippen LogP contribution in [0.1, 0.15) is 10.4 Å². The van der Waals surface area contributed by atoms with Crippen molar-refractivity contribution in [3.63, 3.8) is 0 Å². The van der Waals surface area contributed by atoms with E-state index in [0.29, 0.717) is 6.54 Å². The van der Waals surface area contributed by atoms with Gasteiger partial charge in [-0.1, -0.05) is 22.0 Å². The number of benzene rings is 1. The Kier molecular flexibility index (Phi) is 3.91. The third kappa shape index (κ3) is 3.09. The van der Waals surface area contributed by atoms with Crippen LogP contribution in [0.2, 0.25) is 0 Å². The average Bonchev–Trinajstić information content (AvgIpc) is 2.17. The van der Waals surface area contributed by atoms with Gasteiger partial charge in [0, 0.05) is 23.8 Å². The minimum atomic E-state index is -0.926. The third-order valence-corrected chi connectivity index (χ3v) is 2.43. The van der Waals surface area contributed by atoms with Gasteiger partial charge in [-0.15, -0.1) is 6.58 Å². The van der Waals surface area contributed by atoms with Gasteiger partial charge in [0.1, 0.15) is 0 Å². The monoisotopic (exact) mass is 269 g/mol. The van der Waals surface area contributed by atoms with Gasteiger partial charge in [0.15, 0.2) is 0 Å². The predicted octanol–water partition coefficient (Wildman–Crippen LogP) is 2.77. The molecule has 0 radical (unpaired) electrons. The van der Waals surface area contributed by atoms with Crippen LogP contribution in [0.15, 0.2) is 35.3 Å². The van der Waals surface area contributed by atoms with E-state index in [1.165, 1.54) is 0 Å². The zero-order valence-electron chi connectivity index (χ0n) is 8.40. The summed E-state index contributed by atoms with van der Waals surface area (Å²) >= 11 is 3.28. The maximum atomic E-state index is 10.8. The lowest BCUT2D eigenvalue weighted by atomic mass is 10.2. The van der Waals surface area contributed by atoms with Gasteiger partial charge in [0.25, 0.3) is 0 Å². The van der Waals surface area contributed by atoms with Crippen LogP contribution in [0.3, 0.4) is 0 Å². The molecule has 0 saturated heterocycles. The predicted molar refractivity (Wildman–Crippen MR) is 64.6 cm³/mol. The first kappa shape index (κ1) is 11.8. The number of carboxylic acid groups (broad SMARTS) is 1. The molecular weight excluding hydrogens is 258 g/mol.